The zero-order valence-electron chi connectivity index (χ0n) is 14.7. The fourth-order valence-electron chi connectivity index (χ4n) is 4.31. The summed E-state index contributed by atoms with van der Waals surface area (Å²) >= 11 is 0. The molecule has 2 atom stereocenters. The van der Waals surface area contributed by atoms with Crippen LogP contribution in [-0.2, 0) is 13.2 Å². The molecule has 2 unspecified atom stereocenters. The van der Waals surface area contributed by atoms with Gasteiger partial charge in [0, 0.05) is 37.8 Å². The molecule has 132 valence electrons. The lowest BCUT2D eigenvalue weighted by Crippen LogP contribution is -2.46. The van der Waals surface area contributed by atoms with Gasteiger partial charge < -0.3 is 15.3 Å². The van der Waals surface area contributed by atoms with E-state index in [1.165, 1.54) is 12.8 Å². The van der Waals surface area contributed by atoms with Crippen LogP contribution in [0.5, 0.6) is 0 Å². The van der Waals surface area contributed by atoms with E-state index in [1.54, 1.807) is 0 Å². The van der Waals surface area contributed by atoms with E-state index in [1.807, 2.05) is 29.2 Å². The predicted octanol–water partition coefficient (Wildman–Crippen LogP) is 2.34. The molecule has 1 aromatic carbocycles. The maximum Gasteiger partial charge on any atom is 0.317 e. The van der Waals surface area contributed by atoms with Crippen molar-refractivity contribution in [3.63, 3.8) is 0 Å². The number of urea groups is 1. The summed E-state index contributed by atoms with van der Waals surface area (Å²) in [5, 5.41) is 12.4. The molecule has 2 aliphatic heterocycles. The van der Waals surface area contributed by atoms with Gasteiger partial charge in [-0.1, -0.05) is 24.3 Å². The van der Waals surface area contributed by atoms with E-state index in [2.05, 4.69) is 24.1 Å². The summed E-state index contributed by atoms with van der Waals surface area (Å²) in [6.07, 6.45) is 3.53. The molecule has 3 rings (SSSR count). The second-order valence-electron chi connectivity index (χ2n) is 7.25. The molecule has 0 radical (unpaired) electrons. The Morgan fingerprint density at radius 3 is 2.62 bits per heavy atom. The zero-order chi connectivity index (χ0) is 17.1. The largest absolute Gasteiger partial charge is 0.392 e. The first kappa shape index (κ1) is 17.2. The number of rotatable bonds is 4. The summed E-state index contributed by atoms with van der Waals surface area (Å²) in [6, 6.07) is 9.37. The third kappa shape index (κ3) is 3.57. The second kappa shape index (κ2) is 7.53. The number of hydrogen-bond acceptors (Lipinski definition) is 3. The minimum atomic E-state index is 0.00284. The predicted molar refractivity (Wildman–Crippen MR) is 94.6 cm³/mol. The van der Waals surface area contributed by atoms with Crippen molar-refractivity contribution < 1.29 is 9.90 Å². The highest BCUT2D eigenvalue weighted by molar-refractivity contribution is 5.74. The maximum absolute atomic E-state index is 12.6. The lowest BCUT2D eigenvalue weighted by molar-refractivity contribution is 0.147. The van der Waals surface area contributed by atoms with Crippen LogP contribution in [0.25, 0.3) is 0 Å². The van der Waals surface area contributed by atoms with Crippen LogP contribution in [0.2, 0.25) is 0 Å². The lowest BCUT2D eigenvalue weighted by atomic mass is 10.1. The SMILES string of the molecule is CC(C)N1C2CCC1CN(C(=O)NCc1ccccc1CO)CC2. The van der Waals surface area contributed by atoms with Gasteiger partial charge in [0.25, 0.3) is 0 Å². The number of likely N-dealkylation sites (tertiary alicyclic amines) is 1. The van der Waals surface area contributed by atoms with Crippen molar-refractivity contribution in [2.45, 2.75) is 64.4 Å². The van der Waals surface area contributed by atoms with E-state index in [-0.39, 0.29) is 12.6 Å². The second-order valence-corrected chi connectivity index (χ2v) is 7.25. The molecule has 1 aromatic rings. The molecule has 2 aliphatic rings. The number of carbonyl (C=O) groups excluding carboxylic acids is 1. The van der Waals surface area contributed by atoms with Crippen molar-refractivity contribution in [2.75, 3.05) is 13.1 Å². The highest BCUT2D eigenvalue weighted by Gasteiger charge is 2.39. The zero-order valence-corrected chi connectivity index (χ0v) is 14.7. The number of nitrogens with one attached hydrogen (secondary N) is 1. The van der Waals surface area contributed by atoms with E-state index in [9.17, 15) is 9.90 Å². The number of nitrogens with zero attached hydrogens (tertiary/aromatic N) is 2. The number of amides is 2. The van der Waals surface area contributed by atoms with Crippen LogP contribution in [0.15, 0.2) is 24.3 Å². The first-order valence-electron chi connectivity index (χ1n) is 9.08. The molecule has 5 nitrogen and oxygen atoms in total. The average Bonchev–Trinajstić information content (AvgIpc) is 2.87. The Morgan fingerprint density at radius 2 is 1.92 bits per heavy atom. The number of aliphatic hydroxyl groups excluding tert-OH is 1. The molecule has 2 N–H and O–H groups in total. The number of benzene rings is 1. The van der Waals surface area contributed by atoms with Gasteiger partial charge in [0.05, 0.1) is 6.61 Å². The molecule has 2 heterocycles. The molecule has 0 aliphatic carbocycles. The van der Waals surface area contributed by atoms with Gasteiger partial charge in [-0.2, -0.15) is 0 Å². The minimum Gasteiger partial charge on any atom is -0.392 e. The Morgan fingerprint density at radius 1 is 1.21 bits per heavy atom. The molecule has 0 saturated carbocycles. The van der Waals surface area contributed by atoms with E-state index in [0.717, 1.165) is 30.6 Å². The van der Waals surface area contributed by atoms with Crippen LogP contribution < -0.4 is 5.32 Å². The summed E-state index contributed by atoms with van der Waals surface area (Å²) in [6.45, 7) is 6.64. The Labute approximate surface area is 144 Å². The smallest absolute Gasteiger partial charge is 0.317 e. The summed E-state index contributed by atoms with van der Waals surface area (Å²) in [7, 11) is 0. The van der Waals surface area contributed by atoms with Crippen molar-refractivity contribution >= 4 is 6.03 Å². The van der Waals surface area contributed by atoms with E-state index < -0.39 is 0 Å². The third-order valence-corrected chi connectivity index (χ3v) is 5.44. The van der Waals surface area contributed by atoms with Crippen molar-refractivity contribution in [1.29, 1.82) is 0 Å². The molecule has 0 aromatic heterocycles. The van der Waals surface area contributed by atoms with Gasteiger partial charge in [-0.3, -0.25) is 4.90 Å². The van der Waals surface area contributed by atoms with Gasteiger partial charge in [0.1, 0.15) is 0 Å². The number of fused-ring (bicyclic) bond motifs is 2. The first-order chi connectivity index (χ1) is 11.6. The van der Waals surface area contributed by atoms with Crippen LogP contribution in [0, 0.1) is 0 Å². The van der Waals surface area contributed by atoms with Crippen LogP contribution >= 0.6 is 0 Å². The molecule has 5 heteroatoms. The number of carbonyl (C=O) groups is 1. The Bertz CT molecular complexity index is 575. The van der Waals surface area contributed by atoms with Crippen LogP contribution in [0.3, 0.4) is 0 Å². The van der Waals surface area contributed by atoms with Gasteiger partial charge >= 0.3 is 6.03 Å². The summed E-state index contributed by atoms with van der Waals surface area (Å²) < 4.78 is 0. The molecule has 2 saturated heterocycles. The molecule has 0 spiro atoms. The Balaban J connectivity index is 1.60. The number of hydrogen-bond donors (Lipinski definition) is 2. The van der Waals surface area contributed by atoms with Crippen molar-refractivity contribution in [3.05, 3.63) is 35.4 Å². The molecule has 2 fully saturated rings. The van der Waals surface area contributed by atoms with Gasteiger partial charge in [-0.15, -0.1) is 0 Å². The van der Waals surface area contributed by atoms with Crippen LogP contribution in [-0.4, -0.2) is 52.2 Å². The molecule has 2 bridgehead atoms. The van der Waals surface area contributed by atoms with E-state index in [4.69, 9.17) is 0 Å². The van der Waals surface area contributed by atoms with Crippen molar-refractivity contribution in [2.24, 2.45) is 0 Å². The quantitative estimate of drug-likeness (QED) is 0.890. The third-order valence-electron chi connectivity index (χ3n) is 5.44. The maximum atomic E-state index is 12.6. The highest BCUT2D eigenvalue weighted by atomic mass is 16.3. The molecule has 2 amide bonds. The van der Waals surface area contributed by atoms with Crippen LogP contribution in [0.4, 0.5) is 4.79 Å². The monoisotopic (exact) mass is 331 g/mol. The number of aliphatic hydroxyl groups is 1. The van der Waals surface area contributed by atoms with Crippen molar-refractivity contribution in [3.8, 4) is 0 Å². The Hall–Kier alpha value is -1.59. The van der Waals surface area contributed by atoms with Gasteiger partial charge in [-0.05, 0) is 44.2 Å². The normalized spacial score (nSPS) is 24.2. The minimum absolute atomic E-state index is 0.00284. The molecular weight excluding hydrogens is 302 g/mol. The first-order valence-corrected chi connectivity index (χ1v) is 9.08. The molecular formula is C19H29N3O2. The fraction of sp³-hybridized carbons (Fsp3) is 0.632. The van der Waals surface area contributed by atoms with Crippen LogP contribution in [0.1, 0.15) is 44.2 Å². The highest BCUT2D eigenvalue weighted by Crippen LogP contribution is 2.31. The van der Waals surface area contributed by atoms with Gasteiger partial charge in [0.2, 0.25) is 0 Å². The summed E-state index contributed by atoms with van der Waals surface area (Å²) in [5.74, 6) is 0. The fourth-order valence-corrected chi connectivity index (χ4v) is 4.31. The van der Waals surface area contributed by atoms with Gasteiger partial charge in [0.15, 0.2) is 0 Å². The Kier molecular flexibility index (Phi) is 5.41. The topological polar surface area (TPSA) is 55.8 Å². The van der Waals surface area contributed by atoms with Crippen molar-refractivity contribution in [1.82, 2.24) is 15.1 Å². The van der Waals surface area contributed by atoms with Gasteiger partial charge in [-0.25, -0.2) is 4.79 Å². The summed E-state index contributed by atoms with van der Waals surface area (Å²) in [5.41, 5.74) is 1.85. The van der Waals surface area contributed by atoms with E-state index >= 15 is 0 Å². The lowest BCUT2D eigenvalue weighted by Gasteiger charge is -2.32. The standard InChI is InChI=1S/C19H29N3O2/c1-14(2)22-17-7-8-18(22)12-21(10-9-17)19(24)20-11-15-5-3-4-6-16(15)13-23/h3-6,14,17-18,23H,7-13H2,1-2H3,(H,20,24). The molecule has 24 heavy (non-hydrogen) atoms. The van der Waals surface area contributed by atoms with E-state index in [0.29, 0.717) is 24.7 Å². The average molecular weight is 331 g/mol. The summed E-state index contributed by atoms with van der Waals surface area (Å²) in [4.78, 5) is 17.2.